The van der Waals surface area contributed by atoms with E-state index in [9.17, 15) is 71.1 Å². The number of rotatable bonds is 3. The number of allylic oxidation sites excluding steroid dienone is 5. The van der Waals surface area contributed by atoms with Gasteiger partial charge in [0, 0.05) is 5.56 Å². The van der Waals surface area contributed by atoms with Crippen LogP contribution in [0, 0.1) is 256 Å². The first-order valence-electron chi connectivity index (χ1n) is 24.5. The highest BCUT2D eigenvalue weighted by Crippen LogP contribution is 2.58. The van der Waals surface area contributed by atoms with Crippen molar-refractivity contribution in [2.24, 2.45) is 0 Å². The molecule has 0 saturated heterocycles. The number of hydrogen-bond donors (Lipinski definition) is 0. The highest BCUT2D eigenvalue weighted by Gasteiger charge is 2.46. The van der Waals surface area contributed by atoms with Gasteiger partial charge in [0.05, 0.1) is 57.0 Å². The van der Waals surface area contributed by atoms with Crippen LogP contribution in [-0.4, -0.2) is 29.9 Å². The first kappa shape index (κ1) is 69.3. The molecular weight excluding hydrogens is 1330 g/mol. The van der Waals surface area contributed by atoms with E-state index >= 15 is 26.3 Å². The van der Waals surface area contributed by atoms with Crippen LogP contribution in [-0.2, 0) is 0 Å². The summed E-state index contributed by atoms with van der Waals surface area (Å²) in [6, 6.07) is 15.5. The van der Waals surface area contributed by atoms with Gasteiger partial charge >= 0.3 is 11.6 Å². The molecule has 9 rings (SSSR count). The van der Waals surface area contributed by atoms with Gasteiger partial charge in [0.1, 0.15) is 117 Å². The van der Waals surface area contributed by atoms with Gasteiger partial charge in [-0.25, -0.2) is 95.5 Å². The van der Waals surface area contributed by atoms with Gasteiger partial charge < -0.3 is 9.69 Å². The zero-order valence-electron chi connectivity index (χ0n) is 46.5. The second-order valence-electron chi connectivity index (χ2n) is 17.9. The van der Waals surface area contributed by atoms with Crippen LogP contribution >= 0.6 is 0 Å². The molecule has 3 heterocycles. The highest BCUT2D eigenvalue weighted by molar-refractivity contribution is 6.19. The van der Waals surface area contributed by atoms with Gasteiger partial charge in [-0.1, -0.05) is 13.1 Å². The van der Waals surface area contributed by atoms with Gasteiger partial charge in [0.2, 0.25) is 16.7 Å². The van der Waals surface area contributed by atoms with E-state index in [1.54, 1.807) is 24.3 Å². The molecular formula is C61H3F15N22. The molecule has 22 nitrogen and oxygen atoms in total. The van der Waals surface area contributed by atoms with E-state index in [-0.39, 0.29) is 67.5 Å². The summed E-state index contributed by atoms with van der Waals surface area (Å²) in [6.45, 7) is 29.4. The molecule has 0 bridgehead atoms. The summed E-state index contributed by atoms with van der Waals surface area (Å²) in [5, 5.41) is 106. The Bertz CT molecular complexity index is 5310. The third-order valence-corrected chi connectivity index (χ3v) is 13.1. The Morgan fingerprint density at radius 1 is 0.316 bits per heavy atom. The van der Waals surface area contributed by atoms with Gasteiger partial charge in [0.25, 0.3) is 5.69 Å². The number of aromatic nitrogens is 6. The summed E-state index contributed by atoms with van der Waals surface area (Å²) in [5.74, 6) is -34.3. The van der Waals surface area contributed by atoms with Crippen LogP contribution in [0.4, 0.5) is 83.2 Å². The van der Waals surface area contributed by atoms with Gasteiger partial charge in [-0.15, -0.1) is 9.97 Å². The average molecular weight is 1330 g/mol. The number of nitriles is 12. The Morgan fingerprint density at radius 2 is 0.622 bits per heavy atom. The standard InChI is InChI=1S/C31H3F11N6.C18N12.C12F4N4/c1-8-9(4-43)20(33)23(36)15(19(8)32)10(5-44)13-14(11(6-45)16-24(37)28(41)31(48-3)29(42)25(16)38)17(13)30(47-2)18-26(39)21(34)12(7-46)22(35)27(18)40;1-23-17-9(5-21)27-13-11-12(26-8(4-20)7(3-19)25-11)14-16(15(13)29-17)30-18(24-2)10(6-22)28-14;13-9-7(5(1-17)2-18)10(14)12(16)8(11(9)15)6(3-19)4-20/h1H3;;. The lowest BCUT2D eigenvalue weighted by Crippen LogP contribution is -2.31. The predicted octanol–water partition coefficient (Wildman–Crippen LogP) is 11.2. The van der Waals surface area contributed by atoms with E-state index in [4.69, 9.17) is 57.9 Å². The van der Waals surface area contributed by atoms with Crippen LogP contribution in [0.3, 0.4) is 0 Å². The minimum atomic E-state index is -2.46. The van der Waals surface area contributed by atoms with E-state index in [2.05, 4.69) is 49.3 Å². The second-order valence-corrected chi connectivity index (χ2v) is 17.9. The van der Waals surface area contributed by atoms with Crippen molar-refractivity contribution < 1.29 is 65.9 Å². The lowest BCUT2D eigenvalue weighted by molar-refractivity contribution is 0.434. The predicted molar refractivity (Wildman–Crippen MR) is 290 cm³/mol. The number of benzene rings is 5. The van der Waals surface area contributed by atoms with Crippen LogP contribution in [0.2, 0.25) is 0 Å². The summed E-state index contributed by atoms with van der Waals surface area (Å²) in [4.78, 5) is 36.1. The third-order valence-electron chi connectivity index (χ3n) is 13.1. The van der Waals surface area contributed by atoms with Crippen LogP contribution in [0.5, 0.6) is 0 Å². The molecule has 0 N–H and O–H groups in total. The molecule has 3 aromatic heterocycles. The monoisotopic (exact) mass is 1330 g/mol. The van der Waals surface area contributed by atoms with Gasteiger partial charge in [-0.3, -0.25) is 0 Å². The molecule has 0 aliphatic heterocycles. The van der Waals surface area contributed by atoms with Crippen molar-refractivity contribution in [3.63, 3.8) is 0 Å². The molecule has 0 amide bonds. The number of fused-ring (bicyclic) bond motifs is 6. The Labute approximate surface area is 531 Å². The van der Waals surface area contributed by atoms with E-state index in [1.165, 1.54) is 0 Å². The zero-order chi connectivity index (χ0) is 73.0. The summed E-state index contributed by atoms with van der Waals surface area (Å²) >= 11 is 0. The summed E-state index contributed by atoms with van der Waals surface area (Å²) in [5.41, 5.74) is -23.8. The molecule has 1 aliphatic rings. The second kappa shape index (κ2) is 27.1. The van der Waals surface area contributed by atoms with E-state index in [1.807, 2.05) is 0 Å². The van der Waals surface area contributed by atoms with Crippen LogP contribution < -0.4 is 10.4 Å². The zero-order valence-corrected chi connectivity index (χ0v) is 46.5. The normalized spacial score (nSPS) is 12.1. The minimum Gasteiger partial charge on any atom is -0.358 e. The van der Waals surface area contributed by atoms with Crippen LogP contribution in [0.1, 0.15) is 56.2 Å². The first-order chi connectivity index (χ1) is 46.6. The maximum atomic E-state index is 15.4. The smallest absolute Gasteiger partial charge is 0.307 e. The van der Waals surface area contributed by atoms with Crippen molar-refractivity contribution in [1.29, 1.82) is 63.1 Å². The summed E-state index contributed by atoms with van der Waals surface area (Å²) in [6.07, 6.45) is 0. The topological polar surface area (TPSA) is 380 Å². The molecule has 98 heavy (non-hydrogen) atoms. The molecule has 1 aliphatic carbocycles. The molecule has 1 saturated carbocycles. The Morgan fingerprint density at radius 3 is 0.918 bits per heavy atom. The van der Waals surface area contributed by atoms with Gasteiger partial charge in [-0.2, -0.15) is 63.1 Å². The molecule has 5 aromatic carbocycles. The van der Waals surface area contributed by atoms with E-state index in [0.29, 0.717) is 0 Å². The molecule has 0 unspecified atom stereocenters. The maximum absolute atomic E-state index is 15.4. The van der Waals surface area contributed by atoms with E-state index < -0.39 is 181 Å². The summed E-state index contributed by atoms with van der Waals surface area (Å²) in [7, 11) is 0. The molecule has 8 aromatic rings. The number of halogens is 15. The SMILES string of the molecule is N#CC(C#N)=c1c(F)c(F)c(=C(C#N)C#N)c(F)c1F.[C-]#[N+]C(=C1C(=C(C#N)c2c(F)c(C)c(C#N)c(F)c2F)C1=C(C#N)c1c(F)c(F)c([N+]#[C-])c(F)c1F)c1c(F)c(F)c(C#N)c(F)c1F.[C-]#[N+]c1nc2c(nc1C#N)c1nc(C#N)c(C#N)nc1c1nc(C#N)c([N+]#[C-])nc12. The lowest BCUT2D eigenvalue weighted by atomic mass is 9.96. The Hall–Kier alpha value is -16.1. The fraction of sp³-hybridized carbons (Fsp3) is 0.0164. The van der Waals surface area contributed by atoms with Crippen LogP contribution in [0.25, 0.3) is 80.5 Å². The van der Waals surface area contributed by atoms with Crippen molar-refractivity contribution in [3.8, 4) is 72.8 Å². The Balaban J connectivity index is 0.000000229. The van der Waals surface area contributed by atoms with Crippen molar-refractivity contribution in [1.82, 2.24) is 29.9 Å². The minimum absolute atomic E-state index is 0.00714. The maximum Gasteiger partial charge on any atom is 0.307 e. The van der Waals surface area contributed by atoms with Crippen molar-refractivity contribution in [2.75, 3.05) is 0 Å². The fourth-order valence-corrected chi connectivity index (χ4v) is 8.73. The van der Waals surface area contributed by atoms with Crippen molar-refractivity contribution in [2.45, 2.75) is 6.92 Å². The Kier molecular flexibility index (Phi) is 19.2. The van der Waals surface area contributed by atoms with Crippen molar-refractivity contribution in [3.05, 3.63) is 216 Å². The lowest BCUT2D eigenvalue weighted by Gasteiger charge is -2.09. The molecule has 462 valence electrons. The molecule has 1 fully saturated rings. The molecule has 0 atom stereocenters. The van der Waals surface area contributed by atoms with Crippen molar-refractivity contribution >= 4 is 78.4 Å². The van der Waals surface area contributed by atoms with Gasteiger partial charge in [-0.05, 0) is 23.6 Å². The molecule has 37 heteroatoms. The first-order valence-corrected chi connectivity index (χ1v) is 24.5. The molecule has 0 radical (unpaired) electrons. The van der Waals surface area contributed by atoms with Crippen LogP contribution in [0.15, 0.2) is 16.7 Å². The highest BCUT2D eigenvalue weighted by atomic mass is 19.2. The largest absolute Gasteiger partial charge is 0.358 e. The fourth-order valence-electron chi connectivity index (χ4n) is 8.73. The third kappa shape index (κ3) is 10.9. The summed E-state index contributed by atoms with van der Waals surface area (Å²) < 4.78 is 219. The molecule has 0 spiro atoms. The van der Waals surface area contributed by atoms with Gasteiger partial charge in [0.15, 0.2) is 104 Å². The number of nitrogens with zero attached hydrogens (tertiary/aromatic N) is 22. The van der Waals surface area contributed by atoms with E-state index in [0.717, 1.165) is 55.5 Å². The average Bonchev–Trinajstić information content (AvgIpc) is 1.63. The quantitative estimate of drug-likeness (QED) is 0.0521. The number of hydrogen-bond acceptors (Lipinski definition) is 18.